The molecular formula is C16H13N5O2S. The van der Waals surface area contributed by atoms with Crippen molar-refractivity contribution in [1.82, 2.24) is 9.97 Å². The number of hydrogen-bond acceptors (Lipinski definition) is 7. The third-order valence-corrected chi connectivity index (χ3v) is 3.60. The molecule has 0 saturated heterocycles. The van der Waals surface area contributed by atoms with Gasteiger partial charge in [-0.25, -0.2) is 9.97 Å². The number of nitrogens with one attached hydrogen (secondary N) is 1. The highest BCUT2D eigenvalue weighted by Gasteiger charge is 2.11. The van der Waals surface area contributed by atoms with Crippen LogP contribution in [0.3, 0.4) is 0 Å². The lowest BCUT2D eigenvalue weighted by Crippen LogP contribution is -2.12. The van der Waals surface area contributed by atoms with Gasteiger partial charge in [-0.15, -0.1) is 21.6 Å². The van der Waals surface area contributed by atoms with Gasteiger partial charge in [-0.3, -0.25) is 4.79 Å². The summed E-state index contributed by atoms with van der Waals surface area (Å²) in [6.07, 6.45) is 1.64. The Balaban J connectivity index is 1.78. The molecule has 3 aromatic rings. The number of hydrogen-bond donors (Lipinski definition) is 1. The minimum absolute atomic E-state index is 0.294. The van der Waals surface area contributed by atoms with Crippen molar-refractivity contribution < 1.29 is 9.53 Å². The van der Waals surface area contributed by atoms with E-state index in [0.29, 0.717) is 28.6 Å². The smallest absolute Gasteiger partial charge is 0.275 e. The van der Waals surface area contributed by atoms with E-state index >= 15 is 0 Å². The van der Waals surface area contributed by atoms with Crippen molar-refractivity contribution in [2.75, 3.05) is 12.4 Å². The Hall–Kier alpha value is -3.13. The van der Waals surface area contributed by atoms with Crippen LogP contribution in [-0.4, -0.2) is 23.0 Å². The molecule has 24 heavy (non-hydrogen) atoms. The topological polar surface area (TPSA) is 88.8 Å². The summed E-state index contributed by atoms with van der Waals surface area (Å²) in [6.45, 7) is 0. The zero-order valence-electron chi connectivity index (χ0n) is 12.7. The summed E-state index contributed by atoms with van der Waals surface area (Å²) in [5.41, 5.74) is 3.09. The molecule has 0 aliphatic heterocycles. The number of nitrogens with zero attached hydrogens (tertiary/aromatic N) is 4. The van der Waals surface area contributed by atoms with Crippen LogP contribution in [-0.2, 0) is 0 Å². The van der Waals surface area contributed by atoms with Crippen molar-refractivity contribution in [3.63, 3.8) is 0 Å². The van der Waals surface area contributed by atoms with Gasteiger partial charge in [0.15, 0.2) is 5.82 Å². The molecule has 0 bridgehead atoms. The average molecular weight is 339 g/mol. The van der Waals surface area contributed by atoms with Gasteiger partial charge in [0, 0.05) is 17.6 Å². The Labute approximate surface area is 142 Å². The number of pyridine rings is 1. The highest BCUT2D eigenvalue weighted by molar-refractivity contribution is 7.07. The first-order valence-electron chi connectivity index (χ1n) is 6.96. The van der Waals surface area contributed by atoms with Gasteiger partial charge < -0.3 is 10.1 Å². The summed E-state index contributed by atoms with van der Waals surface area (Å²) in [7, 11) is 1.52. The lowest BCUT2D eigenvalue weighted by atomic mass is 10.2. The van der Waals surface area contributed by atoms with E-state index in [1.807, 2.05) is 12.1 Å². The number of carbonyl (C=O) groups excluding carboxylic acids is 1. The predicted molar refractivity (Wildman–Crippen MR) is 91.5 cm³/mol. The number of thiazole rings is 1. The van der Waals surface area contributed by atoms with E-state index in [1.54, 1.807) is 41.4 Å². The van der Waals surface area contributed by atoms with E-state index in [4.69, 9.17) is 4.74 Å². The van der Waals surface area contributed by atoms with Crippen LogP contribution in [0, 0.1) is 0 Å². The van der Waals surface area contributed by atoms with Crippen LogP contribution in [0.15, 0.2) is 63.7 Å². The molecule has 120 valence electrons. The molecular weight excluding hydrogens is 326 g/mol. The summed E-state index contributed by atoms with van der Waals surface area (Å²) < 4.78 is 5.31. The van der Waals surface area contributed by atoms with Crippen LogP contribution >= 0.6 is 11.3 Å². The van der Waals surface area contributed by atoms with Crippen LogP contribution in [0.2, 0.25) is 0 Å². The Morgan fingerprint density at radius 1 is 1.21 bits per heavy atom. The van der Waals surface area contributed by atoms with Crippen molar-refractivity contribution in [2.24, 2.45) is 10.2 Å². The van der Waals surface area contributed by atoms with Crippen molar-refractivity contribution in [1.29, 1.82) is 0 Å². The van der Waals surface area contributed by atoms with Crippen molar-refractivity contribution in [3.05, 3.63) is 59.2 Å². The molecule has 1 aromatic carbocycles. The summed E-state index contributed by atoms with van der Waals surface area (Å²) in [5, 5.41) is 12.6. The quantitative estimate of drug-likeness (QED) is 0.705. The number of benzene rings is 1. The molecule has 0 fully saturated rings. The first kappa shape index (κ1) is 15.8. The molecule has 0 spiro atoms. The first-order chi connectivity index (χ1) is 11.8. The maximum atomic E-state index is 12.1. The molecule has 0 aliphatic rings. The molecule has 1 N–H and O–H groups in total. The molecule has 2 heterocycles. The molecule has 0 radical (unpaired) electrons. The monoisotopic (exact) mass is 339 g/mol. The Kier molecular flexibility index (Phi) is 4.87. The molecule has 0 atom stereocenters. The zero-order chi connectivity index (χ0) is 16.8. The molecule has 1 amide bonds. The van der Waals surface area contributed by atoms with Gasteiger partial charge in [0.1, 0.15) is 11.4 Å². The molecule has 8 heteroatoms. The largest absolute Gasteiger partial charge is 0.494 e. The second kappa shape index (κ2) is 7.42. The van der Waals surface area contributed by atoms with Gasteiger partial charge in [0.05, 0.1) is 24.0 Å². The minimum Gasteiger partial charge on any atom is -0.494 e. The average Bonchev–Trinajstić information content (AvgIpc) is 3.16. The van der Waals surface area contributed by atoms with E-state index in [1.165, 1.54) is 18.4 Å². The highest BCUT2D eigenvalue weighted by atomic mass is 32.1. The van der Waals surface area contributed by atoms with E-state index in [0.717, 1.165) is 0 Å². The molecule has 7 nitrogen and oxygen atoms in total. The number of amides is 1. The van der Waals surface area contributed by atoms with Gasteiger partial charge >= 0.3 is 0 Å². The summed E-state index contributed by atoms with van der Waals surface area (Å²) >= 11 is 1.36. The van der Waals surface area contributed by atoms with Crippen molar-refractivity contribution >= 4 is 34.4 Å². The number of methoxy groups -OCH3 is 1. The molecule has 2 aromatic heterocycles. The normalized spacial score (nSPS) is 10.7. The van der Waals surface area contributed by atoms with Gasteiger partial charge in [-0.05, 0) is 24.3 Å². The van der Waals surface area contributed by atoms with Crippen LogP contribution < -0.4 is 10.1 Å². The third kappa shape index (κ3) is 3.79. The van der Waals surface area contributed by atoms with E-state index in [9.17, 15) is 4.79 Å². The zero-order valence-corrected chi connectivity index (χ0v) is 13.5. The maximum absolute atomic E-state index is 12.1. The fourth-order valence-electron chi connectivity index (χ4n) is 1.88. The number of rotatable bonds is 5. The second-order valence-electron chi connectivity index (χ2n) is 4.60. The maximum Gasteiger partial charge on any atom is 0.275 e. The third-order valence-electron chi connectivity index (χ3n) is 3.02. The molecule has 0 aliphatic carbocycles. The molecule has 0 unspecified atom stereocenters. The molecule has 0 saturated carbocycles. The SMILES string of the molecule is COc1cc(N=Nc2ccccn2)ccc1NC(=O)c1cscn1. The van der Waals surface area contributed by atoms with E-state index in [-0.39, 0.29) is 5.91 Å². The first-order valence-corrected chi connectivity index (χ1v) is 7.91. The number of azo groups is 1. The lowest BCUT2D eigenvalue weighted by molar-refractivity contribution is 0.102. The summed E-state index contributed by atoms with van der Waals surface area (Å²) in [5.74, 6) is 0.700. The highest BCUT2D eigenvalue weighted by Crippen LogP contribution is 2.30. The second-order valence-corrected chi connectivity index (χ2v) is 5.32. The van der Waals surface area contributed by atoms with Crippen LogP contribution in [0.5, 0.6) is 5.75 Å². The Morgan fingerprint density at radius 3 is 2.83 bits per heavy atom. The van der Waals surface area contributed by atoms with Gasteiger partial charge in [0.25, 0.3) is 5.91 Å². The number of carbonyl (C=O) groups is 1. The predicted octanol–water partition coefficient (Wildman–Crippen LogP) is 4.21. The number of aromatic nitrogens is 2. The number of anilines is 1. The molecule has 3 rings (SSSR count). The summed E-state index contributed by atoms with van der Waals surface area (Å²) in [6, 6.07) is 10.5. The fourth-order valence-corrected chi connectivity index (χ4v) is 2.41. The van der Waals surface area contributed by atoms with Crippen LogP contribution in [0.1, 0.15) is 10.5 Å². The standard InChI is InChI=1S/C16H13N5O2S/c1-23-14-8-11(20-21-15-4-2-3-7-17-15)5-6-12(14)19-16(22)13-9-24-10-18-13/h2-10H,1H3,(H,19,22). The van der Waals surface area contributed by atoms with Crippen molar-refractivity contribution in [3.8, 4) is 5.75 Å². The Morgan fingerprint density at radius 2 is 2.12 bits per heavy atom. The van der Waals surface area contributed by atoms with Crippen LogP contribution in [0.25, 0.3) is 0 Å². The summed E-state index contributed by atoms with van der Waals surface area (Å²) in [4.78, 5) is 20.1. The van der Waals surface area contributed by atoms with E-state index in [2.05, 4.69) is 25.5 Å². The lowest BCUT2D eigenvalue weighted by Gasteiger charge is -2.09. The van der Waals surface area contributed by atoms with Gasteiger partial charge in [-0.2, -0.15) is 0 Å². The van der Waals surface area contributed by atoms with Gasteiger partial charge in [0.2, 0.25) is 0 Å². The minimum atomic E-state index is -0.294. The van der Waals surface area contributed by atoms with E-state index < -0.39 is 0 Å². The number of ether oxygens (including phenoxy) is 1. The Bertz CT molecular complexity index is 850. The fraction of sp³-hybridized carbons (Fsp3) is 0.0625. The van der Waals surface area contributed by atoms with Crippen LogP contribution in [0.4, 0.5) is 17.2 Å². The van der Waals surface area contributed by atoms with Crippen molar-refractivity contribution in [2.45, 2.75) is 0 Å². The van der Waals surface area contributed by atoms with Gasteiger partial charge in [-0.1, -0.05) is 6.07 Å².